The van der Waals surface area contributed by atoms with E-state index in [1.807, 2.05) is 12.4 Å². The first-order chi connectivity index (χ1) is 8.25. The lowest BCUT2D eigenvalue weighted by atomic mass is 10.1. The molecular weight excluding hydrogens is 212 g/mol. The Kier molecular flexibility index (Phi) is 2.92. The van der Waals surface area contributed by atoms with Gasteiger partial charge in [-0.05, 0) is 18.3 Å². The lowest BCUT2D eigenvalue weighted by Gasteiger charge is -2.35. The number of imidazole rings is 1. The number of nitrogens with zero attached hydrogens (tertiary/aromatic N) is 3. The molecule has 2 heterocycles. The Labute approximate surface area is 103 Å². The number of hydrogen-bond donors (Lipinski definition) is 1. The van der Waals surface area contributed by atoms with Crippen LogP contribution >= 0.6 is 0 Å². The van der Waals surface area contributed by atoms with E-state index in [4.69, 9.17) is 0 Å². The van der Waals surface area contributed by atoms with Crippen molar-refractivity contribution in [1.29, 1.82) is 0 Å². The zero-order valence-corrected chi connectivity index (χ0v) is 10.8. The molecule has 1 aromatic rings. The average molecular weight is 234 g/mol. The van der Waals surface area contributed by atoms with Crippen molar-refractivity contribution >= 4 is 0 Å². The van der Waals surface area contributed by atoms with Crippen LogP contribution in [0.5, 0.6) is 0 Å². The van der Waals surface area contributed by atoms with Gasteiger partial charge in [0.15, 0.2) is 0 Å². The summed E-state index contributed by atoms with van der Waals surface area (Å²) in [5, 5.41) is 3.49. The van der Waals surface area contributed by atoms with E-state index in [1.165, 1.54) is 18.8 Å². The van der Waals surface area contributed by atoms with E-state index in [2.05, 4.69) is 33.7 Å². The summed E-state index contributed by atoms with van der Waals surface area (Å²) in [6.07, 6.45) is 5.36. The van der Waals surface area contributed by atoms with Crippen LogP contribution < -0.4 is 5.32 Å². The van der Waals surface area contributed by atoms with Crippen molar-refractivity contribution in [1.82, 2.24) is 19.8 Å². The molecule has 1 saturated heterocycles. The van der Waals surface area contributed by atoms with Crippen LogP contribution in [0.3, 0.4) is 0 Å². The highest BCUT2D eigenvalue weighted by Gasteiger charge is 2.37. The fourth-order valence-electron chi connectivity index (χ4n) is 2.87. The Hall–Kier alpha value is -0.870. The van der Waals surface area contributed by atoms with E-state index in [1.54, 1.807) is 0 Å². The van der Waals surface area contributed by atoms with Crippen LogP contribution in [0.25, 0.3) is 0 Å². The minimum atomic E-state index is 0.455. The fourth-order valence-corrected chi connectivity index (χ4v) is 2.87. The van der Waals surface area contributed by atoms with Crippen LogP contribution in [-0.2, 0) is 7.05 Å². The van der Waals surface area contributed by atoms with Crippen molar-refractivity contribution in [3.8, 4) is 0 Å². The van der Waals surface area contributed by atoms with Crippen molar-refractivity contribution in [2.24, 2.45) is 18.9 Å². The lowest BCUT2D eigenvalue weighted by Crippen LogP contribution is -2.47. The third-order valence-corrected chi connectivity index (χ3v) is 4.26. The van der Waals surface area contributed by atoms with Crippen molar-refractivity contribution in [2.45, 2.75) is 19.4 Å². The number of aryl methyl sites for hydroxylation is 1. The highest BCUT2D eigenvalue weighted by molar-refractivity contribution is 5.03. The van der Waals surface area contributed by atoms with E-state index in [0.717, 1.165) is 31.5 Å². The van der Waals surface area contributed by atoms with E-state index in [0.29, 0.717) is 6.04 Å². The molecule has 1 aromatic heterocycles. The number of piperazine rings is 1. The van der Waals surface area contributed by atoms with Crippen molar-refractivity contribution < 1.29 is 0 Å². The molecule has 4 heteroatoms. The molecule has 17 heavy (non-hydrogen) atoms. The first-order valence-corrected chi connectivity index (χ1v) is 6.67. The Morgan fingerprint density at radius 3 is 3.00 bits per heavy atom. The Morgan fingerprint density at radius 2 is 2.35 bits per heavy atom. The second-order valence-electron chi connectivity index (χ2n) is 5.58. The van der Waals surface area contributed by atoms with Gasteiger partial charge in [-0.25, -0.2) is 4.98 Å². The molecule has 4 nitrogen and oxygen atoms in total. The van der Waals surface area contributed by atoms with Gasteiger partial charge >= 0.3 is 0 Å². The lowest BCUT2D eigenvalue weighted by molar-refractivity contribution is 0.144. The maximum absolute atomic E-state index is 4.52. The molecule has 0 spiro atoms. The first-order valence-electron chi connectivity index (χ1n) is 6.67. The molecule has 2 fully saturated rings. The number of rotatable bonds is 3. The summed E-state index contributed by atoms with van der Waals surface area (Å²) in [5.41, 5.74) is 0. The number of hydrogen-bond acceptors (Lipinski definition) is 3. The number of aromatic nitrogens is 2. The summed E-state index contributed by atoms with van der Waals surface area (Å²) in [7, 11) is 2.09. The summed E-state index contributed by atoms with van der Waals surface area (Å²) in [6, 6.07) is 0.455. The van der Waals surface area contributed by atoms with Gasteiger partial charge in [0.2, 0.25) is 0 Å². The summed E-state index contributed by atoms with van der Waals surface area (Å²) in [4.78, 5) is 7.14. The molecule has 0 bridgehead atoms. The van der Waals surface area contributed by atoms with Crippen molar-refractivity contribution in [3.63, 3.8) is 0 Å². The topological polar surface area (TPSA) is 33.1 Å². The average Bonchev–Trinajstić information content (AvgIpc) is 2.85. The summed E-state index contributed by atoms with van der Waals surface area (Å²) in [5.74, 6) is 3.06. The Morgan fingerprint density at radius 1 is 1.53 bits per heavy atom. The van der Waals surface area contributed by atoms with Crippen LogP contribution in [0.15, 0.2) is 12.4 Å². The summed E-state index contributed by atoms with van der Waals surface area (Å²) < 4.78 is 2.15. The number of nitrogens with one attached hydrogen (secondary N) is 1. The van der Waals surface area contributed by atoms with Crippen molar-refractivity contribution in [3.05, 3.63) is 18.2 Å². The van der Waals surface area contributed by atoms with Gasteiger partial charge in [0.25, 0.3) is 0 Å². The van der Waals surface area contributed by atoms with E-state index in [9.17, 15) is 0 Å². The molecule has 3 atom stereocenters. The molecule has 2 aliphatic rings. The molecule has 0 radical (unpaired) electrons. The largest absolute Gasteiger partial charge is 0.337 e. The van der Waals surface area contributed by atoms with Gasteiger partial charge in [-0.15, -0.1) is 0 Å². The van der Waals surface area contributed by atoms with Crippen LogP contribution in [0, 0.1) is 11.8 Å². The molecule has 0 aromatic carbocycles. The molecule has 3 rings (SSSR count). The molecule has 0 amide bonds. The second kappa shape index (κ2) is 4.42. The zero-order chi connectivity index (χ0) is 11.8. The van der Waals surface area contributed by atoms with Gasteiger partial charge in [0, 0.05) is 45.6 Å². The SMILES string of the molecule is CC1CC1CN1CCNCC1c1nccn1C. The monoisotopic (exact) mass is 234 g/mol. The Balaban J connectivity index is 1.73. The maximum atomic E-state index is 4.52. The normalized spacial score (nSPS) is 33.9. The Bertz CT molecular complexity index is 387. The van der Waals surface area contributed by atoms with Gasteiger partial charge in [0.05, 0.1) is 6.04 Å². The minimum absolute atomic E-state index is 0.455. The third-order valence-electron chi connectivity index (χ3n) is 4.26. The molecule has 1 aliphatic heterocycles. The van der Waals surface area contributed by atoms with Crippen LogP contribution in [-0.4, -0.2) is 40.6 Å². The fraction of sp³-hybridized carbons (Fsp3) is 0.769. The van der Waals surface area contributed by atoms with Crippen LogP contribution in [0.4, 0.5) is 0 Å². The van der Waals surface area contributed by atoms with Gasteiger partial charge in [0.1, 0.15) is 5.82 Å². The third kappa shape index (κ3) is 2.24. The van der Waals surface area contributed by atoms with Crippen LogP contribution in [0.2, 0.25) is 0 Å². The predicted octanol–water partition coefficient (Wildman–Crippen LogP) is 1.02. The maximum Gasteiger partial charge on any atom is 0.127 e. The summed E-state index contributed by atoms with van der Waals surface area (Å²) in [6.45, 7) is 6.91. The minimum Gasteiger partial charge on any atom is -0.337 e. The van der Waals surface area contributed by atoms with Gasteiger partial charge in [-0.1, -0.05) is 6.92 Å². The molecule has 3 unspecified atom stereocenters. The standard InChI is InChI=1S/C13H22N4/c1-10-7-11(10)9-17-6-3-14-8-12(17)13-15-4-5-16(13)2/h4-5,10-12,14H,3,6-9H2,1-2H3. The van der Waals surface area contributed by atoms with E-state index >= 15 is 0 Å². The molecule has 1 saturated carbocycles. The molecule has 94 valence electrons. The van der Waals surface area contributed by atoms with Gasteiger partial charge in [-0.2, -0.15) is 0 Å². The van der Waals surface area contributed by atoms with Gasteiger partial charge in [-0.3, -0.25) is 4.90 Å². The second-order valence-corrected chi connectivity index (χ2v) is 5.58. The predicted molar refractivity (Wildman–Crippen MR) is 67.7 cm³/mol. The smallest absolute Gasteiger partial charge is 0.127 e. The molecule has 1 N–H and O–H groups in total. The molecular formula is C13H22N4. The van der Waals surface area contributed by atoms with Crippen LogP contribution in [0.1, 0.15) is 25.2 Å². The highest BCUT2D eigenvalue weighted by Crippen LogP contribution is 2.39. The summed E-state index contributed by atoms with van der Waals surface area (Å²) >= 11 is 0. The zero-order valence-electron chi connectivity index (χ0n) is 10.8. The first kappa shape index (κ1) is 11.2. The highest BCUT2D eigenvalue weighted by atomic mass is 15.3. The van der Waals surface area contributed by atoms with E-state index in [-0.39, 0.29) is 0 Å². The van der Waals surface area contributed by atoms with Crippen molar-refractivity contribution in [2.75, 3.05) is 26.2 Å². The van der Waals surface area contributed by atoms with Gasteiger partial charge < -0.3 is 9.88 Å². The molecule has 1 aliphatic carbocycles. The quantitative estimate of drug-likeness (QED) is 0.848. The van der Waals surface area contributed by atoms with E-state index < -0.39 is 0 Å².